The first-order chi connectivity index (χ1) is 4.33. The Hall–Kier alpha value is 0.240. The predicted molar refractivity (Wildman–Crippen MR) is 39.8 cm³/mol. The molecule has 1 fully saturated rings. The summed E-state index contributed by atoms with van der Waals surface area (Å²) < 4.78 is 11.7. The molecule has 0 saturated carbocycles. The maximum Gasteiger partial charge on any atom is 0.102 e. The first-order valence-corrected chi connectivity index (χ1v) is 3.81. The van der Waals surface area contributed by atoms with Gasteiger partial charge in [0.1, 0.15) is 6.67 Å². The van der Waals surface area contributed by atoms with Gasteiger partial charge in [-0.1, -0.05) is 0 Å². The molecule has 0 bridgehead atoms. The first kappa shape index (κ1) is 7.35. The monoisotopic (exact) mass is 149 g/mol. The van der Waals surface area contributed by atoms with E-state index in [1.54, 1.807) is 0 Å². The third-order valence-corrected chi connectivity index (χ3v) is 2.07. The lowest BCUT2D eigenvalue weighted by atomic mass is 10.4. The second-order valence-corrected chi connectivity index (χ2v) is 3.16. The van der Waals surface area contributed by atoms with Crippen molar-refractivity contribution in [2.75, 3.05) is 26.3 Å². The summed E-state index contributed by atoms with van der Waals surface area (Å²) in [5, 5.41) is 0.483. The van der Waals surface area contributed by atoms with Gasteiger partial charge in [0.05, 0.1) is 0 Å². The Morgan fingerprint density at radius 2 is 2.44 bits per heavy atom. The number of likely N-dealkylation sites (tertiary alicyclic amines) is 1. The fraction of sp³-hybridized carbons (Fsp3) is 1.00. The van der Waals surface area contributed by atoms with Crippen LogP contribution in [0.5, 0.6) is 0 Å². The van der Waals surface area contributed by atoms with Gasteiger partial charge in [-0.2, -0.15) is 12.6 Å². The van der Waals surface area contributed by atoms with Crippen molar-refractivity contribution in [2.24, 2.45) is 0 Å². The normalized spacial score (nSPS) is 29.3. The van der Waals surface area contributed by atoms with Crippen molar-refractivity contribution in [1.29, 1.82) is 0 Å². The van der Waals surface area contributed by atoms with Crippen LogP contribution < -0.4 is 0 Å². The number of alkyl halides is 1. The maximum absolute atomic E-state index is 11.7. The molecule has 0 aromatic carbocycles. The van der Waals surface area contributed by atoms with Gasteiger partial charge in [0.15, 0.2) is 0 Å². The summed E-state index contributed by atoms with van der Waals surface area (Å²) in [7, 11) is 0. The lowest BCUT2D eigenvalue weighted by Gasteiger charge is -2.10. The van der Waals surface area contributed by atoms with Crippen LogP contribution in [0.3, 0.4) is 0 Å². The van der Waals surface area contributed by atoms with Crippen molar-refractivity contribution in [3.63, 3.8) is 0 Å². The Balaban J connectivity index is 2.14. The van der Waals surface area contributed by atoms with Crippen molar-refractivity contribution in [3.8, 4) is 0 Å². The molecule has 0 aromatic heterocycles. The molecule has 54 valence electrons. The van der Waals surface area contributed by atoms with E-state index in [2.05, 4.69) is 17.5 Å². The van der Waals surface area contributed by atoms with E-state index in [1.807, 2.05) is 0 Å². The summed E-state index contributed by atoms with van der Waals surface area (Å²) in [4.78, 5) is 2.11. The summed E-state index contributed by atoms with van der Waals surface area (Å²) in [5.74, 6) is 0. The van der Waals surface area contributed by atoms with Crippen LogP contribution in [-0.4, -0.2) is 36.5 Å². The highest BCUT2D eigenvalue weighted by molar-refractivity contribution is 7.81. The minimum Gasteiger partial charge on any atom is -0.300 e. The molecule has 1 atom stereocenters. The van der Waals surface area contributed by atoms with Gasteiger partial charge in [0.25, 0.3) is 0 Å². The molecule has 1 unspecified atom stereocenters. The van der Waals surface area contributed by atoms with Crippen LogP contribution in [0.4, 0.5) is 4.39 Å². The molecule has 0 aliphatic carbocycles. The number of hydrogen-bond donors (Lipinski definition) is 1. The van der Waals surface area contributed by atoms with Gasteiger partial charge >= 0.3 is 0 Å². The number of hydrogen-bond acceptors (Lipinski definition) is 2. The van der Waals surface area contributed by atoms with Crippen molar-refractivity contribution in [1.82, 2.24) is 4.90 Å². The van der Waals surface area contributed by atoms with Crippen molar-refractivity contribution < 1.29 is 4.39 Å². The lowest BCUT2D eigenvalue weighted by Crippen LogP contribution is -2.23. The van der Waals surface area contributed by atoms with E-state index in [0.717, 1.165) is 19.5 Å². The molecule has 3 heteroatoms. The Labute approximate surface area is 60.6 Å². The fourth-order valence-corrected chi connectivity index (χ4v) is 1.48. The highest BCUT2D eigenvalue weighted by Gasteiger charge is 2.17. The molecule has 1 nitrogen and oxygen atoms in total. The second kappa shape index (κ2) is 3.42. The minimum atomic E-state index is -0.222. The van der Waals surface area contributed by atoms with Crippen LogP contribution in [0.2, 0.25) is 0 Å². The van der Waals surface area contributed by atoms with Gasteiger partial charge < -0.3 is 0 Å². The topological polar surface area (TPSA) is 3.24 Å². The summed E-state index contributed by atoms with van der Waals surface area (Å²) in [6, 6.07) is 0. The quantitative estimate of drug-likeness (QED) is 0.572. The predicted octanol–water partition coefficient (Wildman–Crippen LogP) is 0.960. The summed E-state index contributed by atoms with van der Waals surface area (Å²) >= 11 is 4.28. The zero-order valence-corrected chi connectivity index (χ0v) is 6.28. The lowest BCUT2D eigenvalue weighted by molar-refractivity contribution is 0.298. The number of nitrogens with zero attached hydrogens (tertiary/aromatic N) is 1. The molecular formula is C6H12FNS. The van der Waals surface area contributed by atoms with E-state index in [0.29, 0.717) is 11.8 Å². The Bertz CT molecular complexity index is 87.1. The molecule has 0 amide bonds. The van der Waals surface area contributed by atoms with Gasteiger partial charge in [-0.3, -0.25) is 4.90 Å². The molecule has 1 saturated heterocycles. The van der Waals surface area contributed by atoms with E-state index >= 15 is 0 Å². The Kier molecular flexibility index (Phi) is 2.79. The van der Waals surface area contributed by atoms with Crippen LogP contribution in [0, 0.1) is 0 Å². The van der Waals surface area contributed by atoms with Gasteiger partial charge in [-0.15, -0.1) is 0 Å². The van der Waals surface area contributed by atoms with Gasteiger partial charge in [0.2, 0.25) is 0 Å². The molecule has 9 heavy (non-hydrogen) atoms. The van der Waals surface area contributed by atoms with Crippen LogP contribution in [0.25, 0.3) is 0 Å². The molecule has 1 heterocycles. The average Bonchev–Trinajstić information content (AvgIpc) is 2.17. The smallest absolute Gasteiger partial charge is 0.102 e. The van der Waals surface area contributed by atoms with Crippen molar-refractivity contribution in [2.45, 2.75) is 11.7 Å². The number of halogens is 1. The SMILES string of the molecule is FCCN1CCC(S)C1. The molecule has 0 N–H and O–H groups in total. The average molecular weight is 149 g/mol. The minimum absolute atomic E-state index is 0.222. The van der Waals surface area contributed by atoms with Crippen molar-refractivity contribution >= 4 is 12.6 Å². The molecular weight excluding hydrogens is 137 g/mol. The first-order valence-electron chi connectivity index (χ1n) is 3.29. The standard InChI is InChI=1S/C6H12FNS/c7-2-4-8-3-1-6(9)5-8/h6,9H,1-5H2. The molecule has 0 radical (unpaired) electrons. The third kappa shape index (κ3) is 2.14. The van der Waals surface area contributed by atoms with Crippen LogP contribution >= 0.6 is 12.6 Å². The maximum atomic E-state index is 11.7. The molecule has 1 aliphatic heterocycles. The van der Waals surface area contributed by atoms with Crippen molar-refractivity contribution in [3.05, 3.63) is 0 Å². The second-order valence-electron chi connectivity index (χ2n) is 2.43. The molecule has 0 aromatic rings. The van der Waals surface area contributed by atoms with Gasteiger partial charge in [-0.25, -0.2) is 4.39 Å². The van der Waals surface area contributed by atoms with Crippen LogP contribution in [0.15, 0.2) is 0 Å². The molecule has 1 aliphatic rings. The Morgan fingerprint density at radius 1 is 1.67 bits per heavy atom. The largest absolute Gasteiger partial charge is 0.300 e. The van der Waals surface area contributed by atoms with E-state index in [4.69, 9.17) is 0 Å². The fourth-order valence-electron chi connectivity index (χ4n) is 1.13. The van der Waals surface area contributed by atoms with Crippen LogP contribution in [-0.2, 0) is 0 Å². The van der Waals surface area contributed by atoms with Gasteiger partial charge in [-0.05, 0) is 13.0 Å². The van der Waals surface area contributed by atoms with E-state index in [-0.39, 0.29) is 6.67 Å². The van der Waals surface area contributed by atoms with E-state index < -0.39 is 0 Å². The highest BCUT2D eigenvalue weighted by Crippen LogP contribution is 2.12. The summed E-state index contributed by atoms with van der Waals surface area (Å²) in [5.41, 5.74) is 0. The number of rotatable bonds is 2. The Morgan fingerprint density at radius 3 is 2.89 bits per heavy atom. The summed E-state index contributed by atoms with van der Waals surface area (Å²) in [6.45, 7) is 2.36. The number of thiol groups is 1. The molecule has 1 rings (SSSR count). The van der Waals surface area contributed by atoms with Gasteiger partial charge in [0, 0.05) is 18.3 Å². The van der Waals surface area contributed by atoms with E-state index in [9.17, 15) is 4.39 Å². The zero-order chi connectivity index (χ0) is 6.69. The van der Waals surface area contributed by atoms with E-state index in [1.165, 1.54) is 0 Å². The zero-order valence-electron chi connectivity index (χ0n) is 5.39. The highest BCUT2D eigenvalue weighted by atomic mass is 32.1. The third-order valence-electron chi connectivity index (χ3n) is 1.65. The van der Waals surface area contributed by atoms with Crippen LogP contribution in [0.1, 0.15) is 6.42 Å². The summed E-state index contributed by atoms with van der Waals surface area (Å²) in [6.07, 6.45) is 1.11. The molecule has 0 spiro atoms.